The molecule has 2 N–H and O–H groups in total. The highest BCUT2D eigenvalue weighted by molar-refractivity contribution is 7.89. The highest BCUT2D eigenvalue weighted by atomic mass is 32.2. The van der Waals surface area contributed by atoms with E-state index in [1.165, 1.54) is 4.31 Å². The summed E-state index contributed by atoms with van der Waals surface area (Å²) < 4.78 is 28.5. The van der Waals surface area contributed by atoms with Crippen molar-refractivity contribution in [2.45, 2.75) is 44.7 Å². The lowest BCUT2D eigenvalue weighted by Gasteiger charge is -2.28. The number of aromatic nitrogens is 2. The topological polar surface area (TPSA) is 81.2 Å². The van der Waals surface area contributed by atoms with Crippen molar-refractivity contribution in [3.8, 4) is 0 Å². The van der Waals surface area contributed by atoms with Crippen molar-refractivity contribution in [2.24, 2.45) is 12.8 Å². The van der Waals surface area contributed by atoms with Crippen LogP contribution in [0.3, 0.4) is 0 Å². The van der Waals surface area contributed by atoms with Crippen molar-refractivity contribution in [3.63, 3.8) is 0 Å². The maximum absolute atomic E-state index is 12.6. The molecule has 110 valence electrons. The Morgan fingerprint density at radius 2 is 2.00 bits per heavy atom. The lowest BCUT2D eigenvalue weighted by molar-refractivity contribution is 0.308. The first-order valence-corrected chi connectivity index (χ1v) is 8.04. The second-order valence-electron chi connectivity index (χ2n) is 4.61. The van der Waals surface area contributed by atoms with E-state index in [9.17, 15) is 8.42 Å². The minimum atomic E-state index is -3.57. The quantitative estimate of drug-likeness (QED) is 0.807. The maximum atomic E-state index is 12.6. The molecule has 0 bridgehead atoms. The van der Waals surface area contributed by atoms with Gasteiger partial charge in [-0.05, 0) is 19.8 Å². The molecule has 7 heteroatoms. The number of imidazole rings is 1. The molecule has 0 aromatic carbocycles. The third kappa shape index (κ3) is 3.34. The Morgan fingerprint density at radius 1 is 1.42 bits per heavy atom. The zero-order valence-corrected chi connectivity index (χ0v) is 12.9. The zero-order chi connectivity index (χ0) is 14.6. The first-order valence-electron chi connectivity index (χ1n) is 6.60. The van der Waals surface area contributed by atoms with Crippen molar-refractivity contribution >= 4 is 10.0 Å². The first-order chi connectivity index (χ1) is 8.88. The molecule has 0 fully saturated rings. The predicted molar refractivity (Wildman–Crippen MR) is 75.3 cm³/mol. The normalized spacial score (nSPS) is 12.6. The molecule has 0 spiro atoms. The summed E-state index contributed by atoms with van der Waals surface area (Å²) in [5.74, 6) is 0.677. The average molecular weight is 288 g/mol. The van der Waals surface area contributed by atoms with E-state index in [4.69, 9.17) is 5.73 Å². The van der Waals surface area contributed by atoms with Gasteiger partial charge in [0.2, 0.25) is 0 Å². The number of rotatable bonds is 7. The van der Waals surface area contributed by atoms with E-state index in [1.54, 1.807) is 24.7 Å². The number of sulfonamides is 1. The number of aryl methyl sites for hydroxylation is 2. The molecule has 0 aliphatic heterocycles. The van der Waals surface area contributed by atoms with E-state index in [2.05, 4.69) is 4.98 Å². The zero-order valence-electron chi connectivity index (χ0n) is 12.1. The van der Waals surface area contributed by atoms with Gasteiger partial charge in [0.15, 0.2) is 5.03 Å². The number of hydrogen-bond donors (Lipinski definition) is 1. The van der Waals surface area contributed by atoms with Crippen LogP contribution in [0, 0.1) is 6.92 Å². The van der Waals surface area contributed by atoms with Gasteiger partial charge in [0, 0.05) is 32.4 Å². The summed E-state index contributed by atoms with van der Waals surface area (Å²) in [6.45, 7) is 6.38. The Labute approximate surface area is 115 Å². The molecule has 0 aliphatic carbocycles. The fraction of sp³-hybridized carbons (Fsp3) is 0.750. The van der Waals surface area contributed by atoms with E-state index < -0.39 is 10.0 Å². The van der Waals surface area contributed by atoms with Crippen LogP contribution in [0.1, 0.15) is 32.5 Å². The second-order valence-corrected chi connectivity index (χ2v) is 6.45. The van der Waals surface area contributed by atoms with Gasteiger partial charge in [0.1, 0.15) is 5.82 Å². The maximum Gasteiger partial charge on any atom is 0.262 e. The van der Waals surface area contributed by atoms with Crippen molar-refractivity contribution in [2.75, 3.05) is 13.1 Å². The molecule has 1 rings (SSSR count). The lowest BCUT2D eigenvalue weighted by atomic mass is 10.2. The summed E-state index contributed by atoms with van der Waals surface area (Å²) in [4.78, 5) is 4.13. The van der Waals surface area contributed by atoms with Gasteiger partial charge >= 0.3 is 0 Å². The van der Waals surface area contributed by atoms with Crippen molar-refractivity contribution in [1.82, 2.24) is 13.9 Å². The highest BCUT2D eigenvalue weighted by Crippen LogP contribution is 2.20. The molecular formula is C12H24N4O2S. The SMILES string of the molecule is CCC(CC)N(CCN)S(=O)(=O)c1cn(C)c(C)n1. The Bertz CT molecular complexity index is 486. The van der Waals surface area contributed by atoms with Crippen LogP contribution in [-0.4, -0.2) is 41.4 Å². The lowest BCUT2D eigenvalue weighted by Crippen LogP contribution is -2.42. The molecule has 1 aromatic rings. The van der Waals surface area contributed by atoms with E-state index in [1.807, 2.05) is 13.8 Å². The molecule has 0 unspecified atom stereocenters. The molecule has 6 nitrogen and oxygen atoms in total. The Balaban J connectivity index is 3.19. The van der Waals surface area contributed by atoms with E-state index in [0.29, 0.717) is 18.9 Å². The van der Waals surface area contributed by atoms with Gasteiger partial charge in [-0.15, -0.1) is 0 Å². The Kier molecular flexibility index (Phi) is 5.51. The van der Waals surface area contributed by atoms with Gasteiger partial charge < -0.3 is 10.3 Å². The molecular weight excluding hydrogens is 264 g/mol. The summed E-state index contributed by atoms with van der Waals surface area (Å²) in [6, 6.07) is -0.0316. The van der Waals surface area contributed by atoms with Crippen LogP contribution in [0.4, 0.5) is 0 Å². The summed E-state index contributed by atoms with van der Waals surface area (Å²) in [5, 5.41) is 0.104. The molecule has 1 aromatic heterocycles. The summed E-state index contributed by atoms with van der Waals surface area (Å²) in [7, 11) is -1.78. The fourth-order valence-corrected chi connectivity index (χ4v) is 3.91. The third-order valence-electron chi connectivity index (χ3n) is 3.36. The minimum absolute atomic E-state index is 0.0316. The van der Waals surface area contributed by atoms with Gasteiger partial charge in [-0.25, -0.2) is 13.4 Å². The van der Waals surface area contributed by atoms with E-state index in [0.717, 1.165) is 12.8 Å². The van der Waals surface area contributed by atoms with Crippen LogP contribution >= 0.6 is 0 Å². The molecule has 0 saturated heterocycles. The van der Waals surface area contributed by atoms with Crippen LogP contribution in [-0.2, 0) is 17.1 Å². The highest BCUT2D eigenvalue weighted by Gasteiger charge is 2.31. The summed E-state index contributed by atoms with van der Waals surface area (Å²) in [5.41, 5.74) is 5.55. The molecule has 0 aliphatic rings. The number of hydrogen-bond acceptors (Lipinski definition) is 4. The Hall–Kier alpha value is -0.920. The molecule has 0 radical (unpaired) electrons. The van der Waals surface area contributed by atoms with Gasteiger partial charge in [0.05, 0.1) is 0 Å². The van der Waals surface area contributed by atoms with Crippen LogP contribution < -0.4 is 5.73 Å². The smallest absolute Gasteiger partial charge is 0.262 e. The monoisotopic (exact) mass is 288 g/mol. The summed E-state index contributed by atoms with van der Waals surface area (Å²) in [6.07, 6.45) is 3.08. The van der Waals surface area contributed by atoms with Crippen molar-refractivity contribution < 1.29 is 8.42 Å². The standard InChI is InChI=1S/C12H24N4O2S/c1-5-11(6-2)16(8-7-13)19(17,18)12-9-15(4)10(3)14-12/h9,11H,5-8,13H2,1-4H3. The van der Waals surface area contributed by atoms with E-state index >= 15 is 0 Å². The van der Waals surface area contributed by atoms with Crippen molar-refractivity contribution in [1.29, 1.82) is 0 Å². The molecule has 0 atom stereocenters. The average Bonchev–Trinajstić information content (AvgIpc) is 2.70. The van der Waals surface area contributed by atoms with Gasteiger partial charge in [-0.1, -0.05) is 13.8 Å². The largest absolute Gasteiger partial charge is 0.337 e. The first kappa shape index (κ1) is 16.1. The molecule has 19 heavy (non-hydrogen) atoms. The molecule has 1 heterocycles. The fourth-order valence-electron chi connectivity index (χ4n) is 2.09. The minimum Gasteiger partial charge on any atom is -0.337 e. The van der Waals surface area contributed by atoms with E-state index in [-0.39, 0.29) is 11.1 Å². The predicted octanol–water partition coefficient (Wildman–Crippen LogP) is 0.867. The van der Waals surface area contributed by atoms with Crippen LogP contribution in [0.5, 0.6) is 0 Å². The van der Waals surface area contributed by atoms with Crippen LogP contribution in [0.25, 0.3) is 0 Å². The summed E-state index contributed by atoms with van der Waals surface area (Å²) >= 11 is 0. The number of nitrogens with zero attached hydrogens (tertiary/aromatic N) is 3. The van der Waals surface area contributed by atoms with Crippen LogP contribution in [0.15, 0.2) is 11.2 Å². The van der Waals surface area contributed by atoms with Gasteiger partial charge in [-0.2, -0.15) is 4.31 Å². The van der Waals surface area contributed by atoms with Crippen LogP contribution in [0.2, 0.25) is 0 Å². The second kappa shape index (κ2) is 6.49. The van der Waals surface area contributed by atoms with Gasteiger partial charge in [-0.3, -0.25) is 0 Å². The number of nitrogens with two attached hydrogens (primary N) is 1. The molecule has 0 amide bonds. The Morgan fingerprint density at radius 3 is 2.37 bits per heavy atom. The molecule has 0 saturated carbocycles. The third-order valence-corrected chi connectivity index (χ3v) is 5.18. The van der Waals surface area contributed by atoms with Crippen molar-refractivity contribution in [3.05, 3.63) is 12.0 Å². The van der Waals surface area contributed by atoms with Gasteiger partial charge in [0.25, 0.3) is 10.0 Å².